The summed E-state index contributed by atoms with van der Waals surface area (Å²) >= 11 is 5.79. The molecule has 0 heterocycles. The van der Waals surface area contributed by atoms with E-state index in [-0.39, 0.29) is 31.3 Å². The Kier molecular flexibility index (Phi) is 5.83. The quantitative estimate of drug-likeness (QED) is 0.638. The number of benzene rings is 1. The minimum Gasteiger partial charge on any atom is -0.483 e. The van der Waals surface area contributed by atoms with Gasteiger partial charge in [0.15, 0.2) is 12.4 Å². The van der Waals surface area contributed by atoms with Crippen LogP contribution in [0.4, 0.5) is 0 Å². The van der Waals surface area contributed by atoms with E-state index in [2.05, 4.69) is 5.32 Å². The lowest BCUT2D eigenvalue weighted by Gasteiger charge is -2.10. The van der Waals surface area contributed by atoms with Crippen molar-refractivity contribution in [3.8, 4) is 11.8 Å². The first kappa shape index (κ1) is 15.0. The molecule has 0 spiro atoms. The van der Waals surface area contributed by atoms with Crippen molar-refractivity contribution in [3.63, 3.8) is 0 Å². The molecular formula is C13H13ClN2O3. The number of nitrogens with one attached hydrogen (secondary N) is 1. The summed E-state index contributed by atoms with van der Waals surface area (Å²) in [4.78, 5) is 22.8. The molecule has 1 rings (SSSR count). The lowest BCUT2D eigenvalue weighted by atomic mass is 10.1. The molecule has 0 aliphatic carbocycles. The number of hydrogen-bond acceptors (Lipinski definition) is 4. The number of Topliss-reactive ketones (excluding diaryl/α,β-unsaturated/α-hetero) is 1. The highest BCUT2D eigenvalue weighted by molar-refractivity contribution is 6.31. The second-order valence-corrected chi connectivity index (χ2v) is 4.18. The lowest BCUT2D eigenvalue weighted by molar-refractivity contribution is -0.123. The van der Waals surface area contributed by atoms with Crippen LogP contribution >= 0.6 is 11.6 Å². The third kappa shape index (κ3) is 4.98. The van der Waals surface area contributed by atoms with Crippen molar-refractivity contribution in [1.82, 2.24) is 5.32 Å². The molecule has 1 amide bonds. The fraction of sp³-hybridized carbons (Fsp3) is 0.308. The van der Waals surface area contributed by atoms with Crippen LogP contribution in [0.15, 0.2) is 18.2 Å². The van der Waals surface area contributed by atoms with E-state index in [1.807, 2.05) is 6.07 Å². The molecule has 0 aliphatic heterocycles. The van der Waals surface area contributed by atoms with Gasteiger partial charge in [-0.1, -0.05) is 11.6 Å². The number of carbonyl (C=O) groups is 2. The highest BCUT2D eigenvalue weighted by Crippen LogP contribution is 2.23. The number of ether oxygens (including phenoxy) is 1. The zero-order valence-electron chi connectivity index (χ0n) is 10.4. The van der Waals surface area contributed by atoms with Gasteiger partial charge in [0.1, 0.15) is 5.75 Å². The Morgan fingerprint density at radius 3 is 2.84 bits per heavy atom. The largest absolute Gasteiger partial charge is 0.483 e. The van der Waals surface area contributed by atoms with Gasteiger partial charge in [0.2, 0.25) is 0 Å². The molecule has 0 aromatic heterocycles. The van der Waals surface area contributed by atoms with Crippen LogP contribution in [-0.2, 0) is 4.79 Å². The van der Waals surface area contributed by atoms with E-state index in [1.165, 1.54) is 13.0 Å². The van der Waals surface area contributed by atoms with Crippen LogP contribution in [0.2, 0.25) is 5.02 Å². The average molecular weight is 281 g/mol. The van der Waals surface area contributed by atoms with Gasteiger partial charge in [-0.25, -0.2) is 0 Å². The molecule has 1 aromatic rings. The molecule has 0 saturated heterocycles. The molecule has 0 fully saturated rings. The Labute approximate surface area is 116 Å². The topological polar surface area (TPSA) is 79.2 Å². The molecule has 100 valence electrons. The van der Waals surface area contributed by atoms with Crippen LogP contribution in [0.3, 0.4) is 0 Å². The van der Waals surface area contributed by atoms with E-state index in [9.17, 15) is 9.59 Å². The van der Waals surface area contributed by atoms with E-state index in [0.717, 1.165) is 0 Å². The highest BCUT2D eigenvalue weighted by atomic mass is 35.5. The van der Waals surface area contributed by atoms with E-state index in [1.54, 1.807) is 12.1 Å². The fourth-order valence-electron chi connectivity index (χ4n) is 1.36. The summed E-state index contributed by atoms with van der Waals surface area (Å²) in [7, 11) is 0. The van der Waals surface area contributed by atoms with Crippen molar-refractivity contribution in [2.45, 2.75) is 13.3 Å². The highest BCUT2D eigenvalue weighted by Gasteiger charge is 2.10. The maximum atomic E-state index is 11.4. The Morgan fingerprint density at radius 2 is 2.21 bits per heavy atom. The number of halogens is 1. The first-order valence-electron chi connectivity index (χ1n) is 5.61. The lowest BCUT2D eigenvalue weighted by Crippen LogP contribution is -2.29. The maximum Gasteiger partial charge on any atom is 0.257 e. The number of amides is 1. The van der Waals surface area contributed by atoms with Crippen LogP contribution in [0.25, 0.3) is 0 Å². The van der Waals surface area contributed by atoms with Gasteiger partial charge >= 0.3 is 0 Å². The predicted molar refractivity (Wildman–Crippen MR) is 70.2 cm³/mol. The zero-order valence-corrected chi connectivity index (χ0v) is 11.2. The maximum absolute atomic E-state index is 11.4. The smallest absolute Gasteiger partial charge is 0.257 e. The Morgan fingerprint density at radius 1 is 1.47 bits per heavy atom. The van der Waals surface area contributed by atoms with Gasteiger partial charge in [-0.05, 0) is 25.1 Å². The van der Waals surface area contributed by atoms with Gasteiger partial charge in [-0.3, -0.25) is 9.59 Å². The molecule has 0 radical (unpaired) electrons. The molecular weight excluding hydrogens is 268 g/mol. The van der Waals surface area contributed by atoms with Crippen LogP contribution in [-0.4, -0.2) is 24.8 Å². The van der Waals surface area contributed by atoms with Crippen LogP contribution in [0.5, 0.6) is 5.75 Å². The third-order valence-corrected chi connectivity index (χ3v) is 2.47. The van der Waals surface area contributed by atoms with Gasteiger partial charge < -0.3 is 10.1 Å². The average Bonchev–Trinajstić information content (AvgIpc) is 2.37. The first-order chi connectivity index (χ1) is 9.04. The Balaban J connectivity index is 2.60. The van der Waals surface area contributed by atoms with Crippen molar-refractivity contribution in [2.24, 2.45) is 0 Å². The van der Waals surface area contributed by atoms with E-state index in [0.29, 0.717) is 16.3 Å². The number of ketones is 1. The molecule has 1 aromatic carbocycles. The summed E-state index contributed by atoms with van der Waals surface area (Å²) in [5, 5.41) is 11.3. The van der Waals surface area contributed by atoms with Crippen LogP contribution in [0.1, 0.15) is 23.7 Å². The predicted octanol–water partition coefficient (Wildman–Crippen LogP) is 1.95. The van der Waals surface area contributed by atoms with Gasteiger partial charge in [0, 0.05) is 11.6 Å². The first-order valence-corrected chi connectivity index (χ1v) is 5.99. The summed E-state index contributed by atoms with van der Waals surface area (Å²) in [6.07, 6.45) is 0.241. The summed E-state index contributed by atoms with van der Waals surface area (Å²) in [6.45, 7) is 1.46. The van der Waals surface area contributed by atoms with Gasteiger partial charge in [-0.15, -0.1) is 0 Å². The van der Waals surface area contributed by atoms with E-state index >= 15 is 0 Å². The molecule has 19 heavy (non-hydrogen) atoms. The number of carbonyl (C=O) groups excluding carboxylic acids is 2. The second-order valence-electron chi connectivity index (χ2n) is 3.74. The van der Waals surface area contributed by atoms with Crippen molar-refractivity contribution in [1.29, 1.82) is 5.26 Å². The Hall–Kier alpha value is -2.06. The van der Waals surface area contributed by atoms with Gasteiger partial charge in [0.25, 0.3) is 5.91 Å². The van der Waals surface area contributed by atoms with Crippen molar-refractivity contribution in [2.75, 3.05) is 13.2 Å². The summed E-state index contributed by atoms with van der Waals surface area (Å²) in [6, 6.07) is 6.53. The molecule has 0 aliphatic rings. The zero-order chi connectivity index (χ0) is 14.3. The van der Waals surface area contributed by atoms with Gasteiger partial charge in [-0.2, -0.15) is 5.26 Å². The molecule has 0 unspecified atom stereocenters. The van der Waals surface area contributed by atoms with Crippen LogP contribution < -0.4 is 10.1 Å². The summed E-state index contributed by atoms with van der Waals surface area (Å²) < 4.78 is 5.27. The number of hydrogen-bond donors (Lipinski definition) is 1. The van der Waals surface area contributed by atoms with Gasteiger partial charge in [0.05, 0.1) is 18.1 Å². The molecule has 5 nitrogen and oxygen atoms in total. The monoisotopic (exact) mass is 280 g/mol. The SMILES string of the molecule is CC(=O)c1cc(Cl)ccc1OCC(=O)NCCC#N. The third-order valence-electron chi connectivity index (χ3n) is 2.24. The van der Waals surface area contributed by atoms with E-state index in [4.69, 9.17) is 21.6 Å². The normalized spacial score (nSPS) is 9.53. The van der Waals surface area contributed by atoms with E-state index < -0.39 is 0 Å². The standard InChI is InChI=1S/C13H13ClN2O3/c1-9(17)11-7-10(14)3-4-12(11)19-8-13(18)16-6-2-5-15/h3-4,7H,2,6,8H2,1H3,(H,16,18). The van der Waals surface area contributed by atoms with Crippen molar-refractivity contribution in [3.05, 3.63) is 28.8 Å². The number of rotatable bonds is 6. The number of nitriles is 1. The molecule has 6 heteroatoms. The van der Waals surface area contributed by atoms with Crippen LogP contribution in [0, 0.1) is 11.3 Å². The molecule has 1 N–H and O–H groups in total. The minimum absolute atomic E-state index is 0.192. The summed E-state index contributed by atoms with van der Waals surface area (Å²) in [5.74, 6) is -0.227. The summed E-state index contributed by atoms with van der Waals surface area (Å²) in [5.41, 5.74) is 0.331. The Bertz CT molecular complexity index is 523. The second kappa shape index (κ2) is 7.39. The molecule has 0 atom stereocenters. The molecule has 0 bridgehead atoms. The minimum atomic E-state index is -0.347. The number of nitrogens with zero attached hydrogens (tertiary/aromatic N) is 1. The fourth-order valence-corrected chi connectivity index (χ4v) is 1.53. The van der Waals surface area contributed by atoms with Crippen molar-refractivity contribution < 1.29 is 14.3 Å². The molecule has 0 saturated carbocycles. The van der Waals surface area contributed by atoms with Crippen molar-refractivity contribution >= 4 is 23.3 Å².